The molecule has 132 valence electrons. The number of ether oxygens (including phenoxy) is 2. The average molecular weight is 324 g/mol. The topological polar surface area (TPSA) is 59.6 Å². The van der Waals surface area contributed by atoms with Crippen LogP contribution in [0.5, 0.6) is 0 Å². The summed E-state index contributed by atoms with van der Waals surface area (Å²) in [6, 6.07) is 0.937. The van der Waals surface area contributed by atoms with Crippen LogP contribution in [0.3, 0.4) is 0 Å². The SMILES string of the molecule is CCC1CCC(NC2C(NC(=O)OC(C)(C)C)C3CCOC32)C1. The lowest BCUT2D eigenvalue weighted by Gasteiger charge is -2.49. The molecule has 3 fully saturated rings. The molecule has 0 radical (unpaired) electrons. The van der Waals surface area contributed by atoms with Crippen molar-refractivity contribution in [3.05, 3.63) is 0 Å². The Morgan fingerprint density at radius 1 is 1.22 bits per heavy atom. The molecule has 0 bridgehead atoms. The van der Waals surface area contributed by atoms with Gasteiger partial charge in [0.15, 0.2) is 0 Å². The van der Waals surface area contributed by atoms with Crippen molar-refractivity contribution in [2.45, 2.75) is 89.6 Å². The first-order chi connectivity index (χ1) is 10.9. The van der Waals surface area contributed by atoms with E-state index in [2.05, 4.69) is 17.6 Å². The molecule has 1 aliphatic heterocycles. The fourth-order valence-electron chi connectivity index (χ4n) is 4.42. The van der Waals surface area contributed by atoms with E-state index in [1.807, 2.05) is 20.8 Å². The molecule has 6 atom stereocenters. The van der Waals surface area contributed by atoms with E-state index in [0.29, 0.717) is 12.0 Å². The molecule has 0 aromatic carbocycles. The molecule has 1 amide bonds. The zero-order valence-electron chi connectivity index (χ0n) is 14.9. The lowest BCUT2D eigenvalue weighted by Crippen LogP contribution is -2.71. The maximum absolute atomic E-state index is 12.1. The van der Waals surface area contributed by atoms with Crippen molar-refractivity contribution in [2.75, 3.05) is 6.61 Å². The van der Waals surface area contributed by atoms with Crippen LogP contribution < -0.4 is 10.6 Å². The highest BCUT2D eigenvalue weighted by Crippen LogP contribution is 2.40. The highest BCUT2D eigenvalue weighted by atomic mass is 16.6. The molecule has 3 aliphatic rings. The summed E-state index contributed by atoms with van der Waals surface area (Å²) in [6.07, 6.45) is 6.07. The first kappa shape index (κ1) is 17.0. The van der Waals surface area contributed by atoms with Crippen molar-refractivity contribution in [1.29, 1.82) is 0 Å². The van der Waals surface area contributed by atoms with Crippen molar-refractivity contribution in [2.24, 2.45) is 11.8 Å². The van der Waals surface area contributed by atoms with Gasteiger partial charge in [-0.3, -0.25) is 0 Å². The van der Waals surface area contributed by atoms with Gasteiger partial charge in [-0.2, -0.15) is 0 Å². The minimum atomic E-state index is -0.456. The Balaban J connectivity index is 1.56. The highest BCUT2D eigenvalue weighted by molar-refractivity contribution is 5.68. The van der Waals surface area contributed by atoms with E-state index in [1.165, 1.54) is 25.7 Å². The van der Waals surface area contributed by atoms with Crippen LogP contribution in [0.1, 0.15) is 59.8 Å². The summed E-state index contributed by atoms with van der Waals surface area (Å²) in [5.41, 5.74) is -0.456. The molecule has 5 nitrogen and oxygen atoms in total. The van der Waals surface area contributed by atoms with Crippen molar-refractivity contribution in [3.8, 4) is 0 Å². The second-order valence-electron chi connectivity index (χ2n) is 8.44. The van der Waals surface area contributed by atoms with Gasteiger partial charge >= 0.3 is 6.09 Å². The molecule has 0 spiro atoms. The van der Waals surface area contributed by atoms with Crippen molar-refractivity contribution >= 4 is 6.09 Å². The normalized spacial score (nSPS) is 39.7. The van der Waals surface area contributed by atoms with E-state index in [0.717, 1.165) is 18.9 Å². The lowest BCUT2D eigenvalue weighted by atomic mass is 9.71. The van der Waals surface area contributed by atoms with E-state index in [-0.39, 0.29) is 24.3 Å². The van der Waals surface area contributed by atoms with E-state index in [4.69, 9.17) is 9.47 Å². The number of amides is 1. The van der Waals surface area contributed by atoms with Gasteiger partial charge in [0.1, 0.15) is 5.60 Å². The first-order valence-electron chi connectivity index (χ1n) is 9.24. The number of carbonyl (C=O) groups excluding carboxylic acids is 1. The number of rotatable bonds is 4. The van der Waals surface area contributed by atoms with Crippen molar-refractivity contribution < 1.29 is 14.3 Å². The Kier molecular flexibility index (Phi) is 4.88. The third-order valence-electron chi connectivity index (χ3n) is 5.62. The molecule has 0 aromatic rings. The van der Waals surface area contributed by atoms with E-state index in [1.54, 1.807) is 0 Å². The van der Waals surface area contributed by atoms with Gasteiger partial charge in [0, 0.05) is 18.6 Å². The van der Waals surface area contributed by atoms with Crippen LogP contribution in [0.15, 0.2) is 0 Å². The van der Waals surface area contributed by atoms with Gasteiger partial charge < -0.3 is 20.1 Å². The molecule has 2 saturated carbocycles. The first-order valence-corrected chi connectivity index (χ1v) is 9.24. The summed E-state index contributed by atoms with van der Waals surface area (Å²) in [5, 5.41) is 6.86. The third-order valence-corrected chi connectivity index (χ3v) is 5.62. The molecular formula is C18H32N2O3. The zero-order valence-corrected chi connectivity index (χ0v) is 14.9. The quantitative estimate of drug-likeness (QED) is 0.835. The number of hydrogen-bond acceptors (Lipinski definition) is 4. The molecule has 23 heavy (non-hydrogen) atoms. The Bertz CT molecular complexity index is 434. The predicted octanol–water partition coefficient (Wildman–Crippen LogP) is 2.84. The molecule has 6 unspecified atom stereocenters. The van der Waals surface area contributed by atoms with Crippen molar-refractivity contribution in [1.82, 2.24) is 10.6 Å². The molecule has 3 rings (SSSR count). The molecule has 2 N–H and O–H groups in total. The summed E-state index contributed by atoms with van der Waals surface area (Å²) in [5.74, 6) is 1.29. The molecule has 2 aliphatic carbocycles. The van der Waals surface area contributed by atoms with E-state index < -0.39 is 5.60 Å². The largest absolute Gasteiger partial charge is 0.444 e. The summed E-state index contributed by atoms with van der Waals surface area (Å²) < 4.78 is 11.3. The number of hydrogen-bond donors (Lipinski definition) is 2. The van der Waals surface area contributed by atoms with Crippen molar-refractivity contribution in [3.63, 3.8) is 0 Å². The van der Waals surface area contributed by atoms with Gasteiger partial charge in [-0.05, 0) is 52.4 Å². The van der Waals surface area contributed by atoms with Gasteiger partial charge in [-0.25, -0.2) is 4.79 Å². The Labute approximate surface area is 139 Å². The molecular weight excluding hydrogens is 292 g/mol. The van der Waals surface area contributed by atoms with Crippen LogP contribution >= 0.6 is 0 Å². The minimum Gasteiger partial charge on any atom is -0.444 e. The molecule has 1 saturated heterocycles. The smallest absolute Gasteiger partial charge is 0.407 e. The van der Waals surface area contributed by atoms with Gasteiger partial charge in [0.2, 0.25) is 0 Å². The van der Waals surface area contributed by atoms with E-state index in [9.17, 15) is 4.79 Å². The number of alkyl carbamates (subject to hydrolysis) is 1. The number of fused-ring (bicyclic) bond motifs is 1. The highest BCUT2D eigenvalue weighted by Gasteiger charge is 2.55. The molecule has 0 aromatic heterocycles. The standard InChI is InChI=1S/C18H32N2O3/c1-5-11-6-7-12(10-11)19-15-14(13-8-9-22-16(13)15)20-17(21)23-18(2,3)4/h11-16,19H,5-10H2,1-4H3,(H,20,21). The predicted molar refractivity (Wildman–Crippen MR) is 89.3 cm³/mol. The van der Waals surface area contributed by atoms with Crippen LogP contribution in [0.4, 0.5) is 4.79 Å². The Morgan fingerprint density at radius 3 is 2.65 bits per heavy atom. The molecule has 1 heterocycles. The van der Waals surface area contributed by atoms with Crippen LogP contribution in [-0.2, 0) is 9.47 Å². The maximum atomic E-state index is 12.1. The lowest BCUT2D eigenvalue weighted by molar-refractivity contribution is -0.0375. The Morgan fingerprint density at radius 2 is 2.00 bits per heavy atom. The fourth-order valence-corrected chi connectivity index (χ4v) is 4.42. The number of carbonyl (C=O) groups is 1. The van der Waals surface area contributed by atoms with Gasteiger partial charge in [-0.15, -0.1) is 0 Å². The average Bonchev–Trinajstić information content (AvgIpc) is 3.07. The van der Waals surface area contributed by atoms with Crippen LogP contribution in [0.2, 0.25) is 0 Å². The second-order valence-corrected chi connectivity index (χ2v) is 8.44. The van der Waals surface area contributed by atoms with Gasteiger partial charge in [-0.1, -0.05) is 13.3 Å². The zero-order chi connectivity index (χ0) is 16.6. The monoisotopic (exact) mass is 324 g/mol. The summed E-state index contributed by atoms with van der Waals surface area (Å²) >= 11 is 0. The van der Waals surface area contributed by atoms with Gasteiger partial charge in [0.25, 0.3) is 0 Å². The summed E-state index contributed by atoms with van der Waals surface area (Å²) in [6.45, 7) is 8.78. The van der Waals surface area contributed by atoms with Crippen LogP contribution in [0.25, 0.3) is 0 Å². The van der Waals surface area contributed by atoms with Crippen LogP contribution in [0, 0.1) is 11.8 Å². The summed E-state index contributed by atoms with van der Waals surface area (Å²) in [4.78, 5) is 12.1. The fraction of sp³-hybridized carbons (Fsp3) is 0.944. The van der Waals surface area contributed by atoms with Gasteiger partial charge in [0.05, 0.1) is 18.2 Å². The third kappa shape index (κ3) is 3.82. The maximum Gasteiger partial charge on any atom is 0.407 e. The molecule has 5 heteroatoms. The number of nitrogens with one attached hydrogen (secondary N) is 2. The van der Waals surface area contributed by atoms with E-state index >= 15 is 0 Å². The summed E-state index contributed by atoms with van der Waals surface area (Å²) in [7, 11) is 0. The minimum absolute atomic E-state index is 0.137. The Hall–Kier alpha value is -0.810. The van der Waals surface area contributed by atoms with Crippen LogP contribution in [-0.4, -0.2) is 42.5 Å². The second kappa shape index (κ2) is 6.60.